The number of aromatic nitrogens is 2. The van der Waals surface area contributed by atoms with Gasteiger partial charge in [-0.1, -0.05) is 40.2 Å². The number of allylic oxidation sites excluding steroid dienone is 1. The number of nitriles is 1. The van der Waals surface area contributed by atoms with Crippen LogP contribution in [0.15, 0.2) is 58.4 Å². The predicted molar refractivity (Wildman–Crippen MR) is 114 cm³/mol. The van der Waals surface area contributed by atoms with Crippen LogP contribution < -0.4 is 19.9 Å². The molecule has 1 atom stereocenters. The number of fused-ring (bicyclic) bond motifs is 1. The molecule has 2 aromatic carbocycles. The number of hydrogen-bond acceptors (Lipinski definition) is 6. The maximum Gasteiger partial charge on any atom is 0.244 e. The number of nitrogens with one attached hydrogen (secondary N) is 1. The van der Waals surface area contributed by atoms with Crippen molar-refractivity contribution >= 4 is 15.9 Å². The van der Waals surface area contributed by atoms with Gasteiger partial charge < -0.3 is 19.9 Å². The lowest BCUT2D eigenvalue weighted by atomic mass is 9.83. The third-order valence-electron chi connectivity index (χ3n) is 4.97. The van der Waals surface area contributed by atoms with Gasteiger partial charge in [-0.05, 0) is 30.7 Å². The molecule has 0 saturated heterocycles. The van der Waals surface area contributed by atoms with E-state index in [4.69, 9.17) is 19.9 Å². The molecule has 2 heterocycles. The molecule has 3 aromatic rings. The Morgan fingerprint density at radius 2 is 2.03 bits per heavy atom. The topological polar surface area (TPSA) is 106 Å². The third kappa shape index (κ3) is 3.48. The van der Waals surface area contributed by atoms with Crippen LogP contribution in [0.1, 0.15) is 28.3 Å². The molecule has 7 nitrogen and oxygen atoms in total. The first-order valence-corrected chi connectivity index (χ1v) is 9.99. The Balaban J connectivity index is 1.81. The second kappa shape index (κ2) is 8.13. The first-order chi connectivity index (χ1) is 14.5. The Bertz CT molecular complexity index is 1160. The normalized spacial score (nSPS) is 15.2. The SMILES string of the molecule is COc1cccc([C@H]2C(C#N)=C(N)Oc3n[nH]c(C)c32)c1OCc1ccc(Br)cc1. The van der Waals surface area contributed by atoms with Gasteiger partial charge in [-0.15, -0.1) is 5.10 Å². The van der Waals surface area contributed by atoms with Crippen LogP contribution in [0.5, 0.6) is 17.4 Å². The molecule has 30 heavy (non-hydrogen) atoms. The maximum atomic E-state index is 9.82. The lowest BCUT2D eigenvalue weighted by molar-refractivity contribution is 0.280. The van der Waals surface area contributed by atoms with Crippen molar-refractivity contribution in [2.75, 3.05) is 7.11 Å². The van der Waals surface area contributed by atoms with Crippen molar-refractivity contribution in [3.63, 3.8) is 0 Å². The molecule has 8 heteroatoms. The summed E-state index contributed by atoms with van der Waals surface area (Å²) >= 11 is 3.44. The lowest BCUT2D eigenvalue weighted by Gasteiger charge is -2.26. The number of H-pyrrole nitrogens is 1. The summed E-state index contributed by atoms with van der Waals surface area (Å²) in [5, 5.41) is 16.9. The van der Waals surface area contributed by atoms with Crippen molar-refractivity contribution < 1.29 is 14.2 Å². The number of para-hydroxylation sites is 1. The Morgan fingerprint density at radius 3 is 2.73 bits per heavy atom. The van der Waals surface area contributed by atoms with Gasteiger partial charge in [0, 0.05) is 21.3 Å². The van der Waals surface area contributed by atoms with Crippen LogP contribution in [0.2, 0.25) is 0 Å². The molecule has 0 radical (unpaired) electrons. The minimum absolute atomic E-state index is 0.0307. The minimum atomic E-state index is -0.493. The van der Waals surface area contributed by atoms with E-state index in [0.29, 0.717) is 29.6 Å². The van der Waals surface area contributed by atoms with Crippen LogP contribution in [0, 0.1) is 18.3 Å². The summed E-state index contributed by atoms with van der Waals surface area (Å²) in [6, 6.07) is 15.6. The molecule has 0 spiro atoms. The Kier molecular flexibility index (Phi) is 5.38. The van der Waals surface area contributed by atoms with E-state index in [1.807, 2.05) is 49.4 Å². The van der Waals surface area contributed by atoms with Gasteiger partial charge in [0.2, 0.25) is 11.8 Å². The summed E-state index contributed by atoms with van der Waals surface area (Å²) in [6.45, 7) is 2.21. The highest BCUT2D eigenvalue weighted by molar-refractivity contribution is 9.10. The molecule has 0 fully saturated rings. The molecule has 0 unspecified atom stereocenters. The number of benzene rings is 2. The van der Waals surface area contributed by atoms with Crippen LogP contribution in [0.3, 0.4) is 0 Å². The van der Waals surface area contributed by atoms with Gasteiger partial charge in [-0.3, -0.25) is 5.10 Å². The van der Waals surface area contributed by atoms with Gasteiger partial charge in [0.15, 0.2) is 11.5 Å². The standard InChI is InChI=1S/C22H19BrN4O3/c1-12-18-19(16(10-24)21(25)30-22(18)27-26-12)15-4-3-5-17(28-2)20(15)29-11-13-6-8-14(23)9-7-13/h3-9,19H,11,25H2,1-2H3,(H,26,27)/t19-/m0/s1. The molecule has 152 valence electrons. The predicted octanol–water partition coefficient (Wildman–Crippen LogP) is 4.29. The molecule has 1 aliphatic heterocycles. The highest BCUT2D eigenvalue weighted by Gasteiger charge is 2.36. The van der Waals surface area contributed by atoms with Gasteiger partial charge >= 0.3 is 0 Å². The van der Waals surface area contributed by atoms with Gasteiger partial charge in [0.1, 0.15) is 18.2 Å². The number of aryl methyl sites for hydroxylation is 1. The van der Waals surface area contributed by atoms with Gasteiger partial charge in [-0.2, -0.15) is 5.26 Å². The number of nitrogens with zero attached hydrogens (tertiary/aromatic N) is 2. The summed E-state index contributed by atoms with van der Waals surface area (Å²) in [7, 11) is 1.58. The molecule has 0 amide bonds. The third-order valence-corrected chi connectivity index (χ3v) is 5.49. The monoisotopic (exact) mass is 466 g/mol. The van der Waals surface area contributed by atoms with Crippen molar-refractivity contribution in [2.24, 2.45) is 5.73 Å². The Hall–Kier alpha value is -3.44. The number of hydrogen-bond donors (Lipinski definition) is 2. The smallest absolute Gasteiger partial charge is 0.244 e. The van der Waals surface area contributed by atoms with Crippen LogP contribution in [0.4, 0.5) is 0 Å². The van der Waals surface area contributed by atoms with E-state index < -0.39 is 5.92 Å². The second-order valence-electron chi connectivity index (χ2n) is 6.79. The molecule has 0 bridgehead atoms. The molecule has 3 N–H and O–H groups in total. The van der Waals surface area contributed by atoms with E-state index >= 15 is 0 Å². The zero-order valence-corrected chi connectivity index (χ0v) is 18.0. The number of halogens is 1. The first-order valence-electron chi connectivity index (χ1n) is 9.20. The summed E-state index contributed by atoms with van der Waals surface area (Å²) < 4.78 is 18.3. The van der Waals surface area contributed by atoms with Crippen LogP contribution in [0.25, 0.3) is 0 Å². The van der Waals surface area contributed by atoms with Crippen molar-refractivity contribution in [3.8, 4) is 23.4 Å². The average molecular weight is 467 g/mol. The molecule has 4 rings (SSSR count). The Labute approximate surface area is 182 Å². The van der Waals surface area contributed by atoms with E-state index in [9.17, 15) is 5.26 Å². The summed E-state index contributed by atoms with van der Waals surface area (Å²) in [6.07, 6.45) is 0. The zero-order chi connectivity index (χ0) is 21.3. The first kappa shape index (κ1) is 19.9. The van der Waals surface area contributed by atoms with Crippen LogP contribution in [-0.2, 0) is 6.61 Å². The molecule has 1 aromatic heterocycles. The number of methoxy groups -OCH3 is 1. The second-order valence-corrected chi connectivity index (χ2v) is 7.70. The summed E-state index contributed by atoms with van der Waals surface area (Å²) in [5.41, 5.74) is 9.63. The van der Waals surface area contributed by atoms with Crippen molar-refractivity contribution in [1.29, 1.82) is 5.26 Å². The molecule has 1 aliphatic rings. The summed E-state index contributed by atoms with van der Waals surface area (Å²) in [4.78, 5) is 0. The number of aromatic amines is 1. The lowest BCUT2D eigenvalue weighted by Crippen LogP contribution is -2.21. The fourth-order valence-electron chi connectivity index (χ4n) is 3.52. The average Bonchev–Trinajstić information content (AvgIpc) is 3.12. The summed E-state index contributed by atoms with van der Waals surface area (Å²) in [5.74, 6) is 1.00. The molecular formula is C22H19BrN4O3. The van der Waals surface area contributed by atoms with Crippen LogP contribution >= 0.6 is 15.9 Å². The number of ether oxygens (including phenoxy) is 3. The molecular weight excluding hydrogens is 448 g/mol. The van der Waals surface area contributed by atoms with E-state index in [1.165, 1.54) is 0 Å². The van der Waals surface area contributed by atoms with Gasteiger partial charge in [0.25, 0.3) is 0 Å². The van der Waals surface area contributed by atoms with Gasteiger partial charge in [-0.25, -0.2) is 0 Å². The quantitative estimate of drug-likeness (QED) is 0.580. The van der Waals surface area contributed by atoms with Crippen molar-refractivity contribution in [2.45, 2.75) is 19.4 Å². The fraction of sp³-hybridized carbons (Fsp3) is 0.182. The van der Waals surface area contributed by atoms with Crippen LogP contribution in [-0.4, -0.2) is 17.3 Å². The number of rotatable bonds is 5. The van der Waals surface area contributed by atoms with E-state index in [1.54, 1.807) is 7.11 Å². The number of nitrogens with two attached hydrogens (primary N) is 1. The van der Waals surface area contributed by atoms with Gasteiger partial charge in [0.05, 0.1) is 13.0 Å². The zero-order valence-electron chi connectivity index (χ0n) is 16.4. The van der Waals surface area contributed by atoms with Crippen molar-refractivity contribution in [3.05, 3.63) is 80.8 Å². The highest BCUT2D eigenvalue weighted by Crippen LogP contribution is 2.47. The van der Waals surface area contributed by atoms with E-state index in [0.717, 1.165) is 26.9 Å². The Morgan fingerprint density at radius 1 is 1.27 bits per heavy atom. The van der Waals surface area contributed by atoms with E-state index in [-0.39, 0.29) is 5.88 Å². The largest absolute Gasteiger partial charge is 0.493 e. The maximum absolute atomic E-state index is 9.82. The molecule has 0 saturated carbocycles. The van der Waals surface area contributed by atoms with Crippen molar-refractivity contribution in [1.82, 2.24) is 10.2 Å². The fourth-order valence-corrected chi connectivity index (χ4v) is 3.79. The van der Waals surface area contributed by atoms with E-state index in [2.05, 4.69) is 32.2 Å². The minimum Gasteiger partial charge on any atom is -0.493 e. The molecule has 0 aliphatic carbocycles. The highest BCUT2D eigenvalue weighted by atomic mass is 79.9.